The zero-order chi connectivity index (χ0) is 9.97. The molecule has 1 aromatic heterocycles. The molecule has 0 saturated carbocycles. The van der Waals surface area contributed by atoms with E-state index in [1.54, 1.807) is 0 Å². The number of hydrogen-bond acceptors (Lipinski definition) is 3. The number of carbonyl (C=O) groups excluding carboxylic acids is 1. The van der Waals surface area contributed by atoms with Gasteiger partial charge in [-0.2, -0.15) is 0 Å². The third-order valence-corrected chi connectivity index (χ3v) is 2.62. The molecule has 0 fully saturated rings. The predicted octanol–water partition coefficient (Wildman–Crippen LogP) is 0.678. The van der Waals surface area contributed by atoms with Crippen LogP contribution in [0.5, 0.6) is 0 Å². The molecule has 0 aliphatic carbocycles. The van der Waals surface area contributed by atoms with E-state index in [1.165, 1.54) is 0 Å². The Kier molecular flexibility index (Phi) is 2.63. The van der Waals surface area contributed by atoms with E-state index in [2.05, 4.69) is 14.5 Å². The Labute approximate surface area is 83.5 Å². The standard InChI is InChI=1S/C10H15N3O/c1-2-9(14)7-12-5-6-13-4-3-11-10(13)8-12/h3-4H,2,5-8H2,1H3. The van der Waals surface area contributed by atoms with Gasteiger partial charge in [0.05, 0.1) is 13.1 Å². The van der Waals surface area contributed by atoms with Crippen molar-refractivity contribution in [2.45, 2.75) is 26.4 Å². The molecule has 4 nitrogen and oxygen atoms in total. The van der Waals surface area contributed by atoms with Crippen LogP contribution in [0.15, 0.2) is 12.4 Å². The number of nitrogens with zero attached hydrogens (tertiary/aromatic N) is 3. The number of ketones is 1. The Bertz CT molecular complexity index is 332. The van der Waals surface area contributed by atoms with Gasteiger partial charge >= 0.3 is 0 Å². The van der Waals surface area contributed by atoms with Gasteiger partial charge in [0.1, 0.15) is 11.6 Å². The van der Waals surface area contributed by atoms with Crippen molar-refractivity contribution < 1.29 is 4.79 Å². The highest BCUT2D eigenvalue weighted by atomic mass is 16.1. The van der Waals surface area contributed by atoms with Gasteiger partial charge in [0.25, 0.3) is 0 Å². The molecule has 0 amide bonds. The fourth-order valence-corrected chi connectivity index (χ4v) is 1.72. The lowest BCUT2D eigenvalue weighted by Gasteiger charge is -2.26. The fourth-order valence-electron chi connectivity index (χ4n) is 1.72. The van der Waals surface area contributed by atoms with Crippen LogP contribution < -0.4 is 0 Å². The Morgan fingerprint density at radius 1 is 1.57 bits per heavy atom. The lowest BCUT2D eigenvalue weighted by Crippen LogP contribution is -2.37. The Hall–Kier alpha value is -1.16. The monoisotopic (exact) mass is 193 g/mol. The van der Waals surface area contributed by atoms with Crippen LogP contribution in [0.25, 0.3) is 0 Å². The molecule has 0 aromatic carbocycles. The third kappa shape index (κ3) is 1.85. The Balaban J connectivity index is 1.97. The number of imidazole rings is 1. The summed E-state index contributed by atoms with van der Waals surface area (Å²) in [5, 5.41) is 0. The molecule has 0 radical (unpaired) electrons. The summed E-state index contributed by atoms with van der Waals surface area (Å²) in [5.74, 6) is 1.38. The second-order valence-corrected chi connectivity index (χ2v) is 3.64. The maximum Gasteiger partial charge on any atom is 0.146 e. The van der Waals surface area contributed by atoms with Crippen LogP contribution in [0, 0.1) is 0 Å². The Morgan fingerprint density at radius 3 is 3.21 bits per heavy atom. The maximum atomic E-state index is 11.3. The largest absolute Gasteiger partial charge is 0.333 e. The molecule has 14 heavy (non-hydrogen) atoms. The molecule has 0 atom stereocenters. The van der Waals surface area contributed by atoms with Crippen LogP contribution in [0.1, 0.15) is 19.2 Å². The lowest BCUT2D eigenvalue weighted by atomic mass is 10.2. The topological polar surface area (TPSA) is 38.1 Å². The molecule has 4 heteroatoms. The summed E-state index contributed by atoms with van der Waals surface area (Å²) in [4.78, 5) is 17.7. The minimum absolute atomic E-state index is 0.310. The Morgan fingerprint density at radius 2 is 2.43 bits per heavy atom. The number of hydrogen-bond donors (Lipinski definition) is 0. The van der Waals surface area contributed by atoms with E-state index >= 15 is 0 Å². The van der Waals surface area contributed by atoms with Crippen molar-refractivity contribution in [3.8, 4) is 0 Å². The van der Waals surface area contributed by atoms with Crippen molar-refractivity contribution in [3.63, 3.8) is 0 Å². The van der Waals surface area contributed by atoms with Crippen molar-refractivity contribution in [2.24, 2.45) is 0 Å². The second-order valence-electron chi connectivity index (χ2n) is 3.64. The molecule has 0 unspecified atom stereocenters. The quantitative estimate of drug-likeness (QED) is 0.708. The third-order valence-electron chi connectivity index (χ3n) is 2.62. The summed E-state index contributed by atoms with van der Waals surface area (Å²) in [6, 6.07) is 0. The summed E-state index contributed by atoms with van der Waals surface area (Å²) in [7, 11) is 0. The molecule has 0 spiro atoms. The first-order valence-electron chi connectivity index (χ1n) is 5.03. The molecule has 2 rings (SSSR count). The van der Waals surface area contributed by atoms with Gasteiger partial charge in [-0.25, -0.2) is 4.98 Å². The van der Waals surface area contributed by atoms with Crippen LogP contribution >= 0.6 is 0 Å². The summed E-state index contributed by atoms with van der Waals surface area (Å²) >= 11 is 0. The van der Waals surface area contributed by atoms with Gasteiger partial charge in [-0.3, -0.25) is 9.69 Å². The van der Waals surface area contributed by atoms with Gasteiger partial charge in [-0.05, 0) is 0 Å². The van der Waals surface area contributed by atoms with E-state index < -0.39 is 0 Å². The van der Waals surface area contributed by atoms with Gasteiger partial charge in [0.2, 0.25) is 0 Å². The highest BCUT2D eigenvalue weighted by Crippen LogP contribution is 2.09. The number of Topliss-reactive ketones (excluding diaryl/α,β-unsaturated/α-hetero) is 1. The second kappa shape index (κ2) is 3.92. The zero-order valence-electron chi connectivity index (χ0n) is 8.44. The summed E-state index contributed by atoms with van der Waals surface area (Å²) in [6.45, 7) is 5.19. The van der Waals surface area contributed by atoms with E-state index in [4.69, 9.17) is 0 Å². The first-order chi connectivity index (χ1) is 6.79. The van der Waals surface area contributed by atoms with Crippen molar-refractivity contribution in [2.75, 3.05) is 13.1 Å². The lowest BCUT2D eigenvalue weighted by molar-refractivity contribution is -0.120. The van der Waals surface area contributed by atoms with Crippen LogP contribution in [-0.4, -0.2) is 33.3 Å². The van der Waals surface area contributed by atoms with E-state index in [9.17, 15) is 4.79 Å². The molecular weight excluding hydrogens is 178 g/mol. The van der Waals surface area contributed by atoms with Gasteiger partial charge in [0, 0.05) is 31.9 Å². The highest BCUT2D eigenvalue weighted by Gasteiger charge is 2.17. The molecule has 0 saturated heterocycles. The van der Waals surface area contributed by atoms with Crippen LogP contribution in [0.4, 0.5) is 0 Å². The molecule has 1 aliphatic heterocycles. The van der Waals surface area contributed by atoms with Gasteiger partial charge in [0.15, 0.2) is 0 Å². The number of carbonyl (C=O) groups is 1. The molecule has 0 N–H and O–H groups in total. The van der Waals surface area contributed by atoms with E-state index in [-0.39, 0.29) is 0 Å². The van der Waals surface area contributed by atoms with Crippen LogP contribution in [0.3, 0.4) is 0 Å². The molecule has 2 heterocycles. The van der Waals surface area contributed by atoms with Crippen molar-refractivity contribution in [1.29, 1.82) is 0 Å². The number of rotatable bonds is 3. The van der Waals surface area contributed by atoms with E-state index in [1.807, 2.05) is 19.3 Å². The van der Waals surface area contributed by atoms with Crippen molar-refractivity contribution >= 4 is 5.78 Å². The van der Waals surface area contributed by atoms with Crippen LogP contribution in [0.2, 0.25) is 0 Å². The van der Waals surface area contributed by atoms with Crippen LogP contribution in [-0.2, 0) is 17.9 Å². The highest BCUT2D eigenvalue weighted by molar-refractivity contribution is 5.80. The van der Waals surface area contributed by atoms with E-state index in [0.717, 1.165) is 25.5 Å². The minimum atomic E-state index is 0.310. The van der Waals surface area contributed by atoms with Gasteiger partial charge < -0.3 is 4.57 Å². The smallest absolute Gasteiger partial charge is 0.146 e. The maximum absolute atomic E-state index is 11.3. The average Bonchev–Trinajstić information content (AvgIpc) is 2.64. The molecule has 0 bridgehead atoms. The SMILES string of the molecule is CCC(=O)CN1CCn2ccnc2C1. The summed E-state index contributed by atoms with van der Waals surface area (Å²) in [6.07, 6.45) is 4.44. The first-order valence-corrected chi connectivity index (χ1v) is 5.03. The molecule has 76 valence electrons. The number of fused-ring (bicyclic) bond motifs is 1. The molecular formula is C10H15N3O. The minimum Gasteiger partial charge on any atom is -0.333 e. The molecule has 1 aliphatic rings. The normalized spacial score (nSPS) is 16.6. The average molecular weight is 193 g/mol. The number of aromatic nitrogens is 2. The zero-order valence-corrected chi connectivity index (χ0v) is 8.44. The molecule has 1 aromatic rings. The van der Waals surface area contributed by atoms with Crippen molar-refractivity contribution in [1.82, 2.24) is 14.5 Å². The summed E-state index contributed by atoms with van der Waals surface area (Å²) in [5.41, 5.74) is 0. The van der Waals surface area contributed by atoms with E-state index in [0.29, 0.717) is 18.7 Å². The summed E-state index contributed by atoms with van der Waals surface area (Å²) < 4.78 is 2.15. The van der Waals surface area contributed by atoms with Gasteiger partial charge in [-0.1, -0.05) is 6.92 Å². The fraction of sp³-hybridized carbons (Fsp3) is 0.600. The predicted molar refractivity (Wildman–Crippen MR) is 52.8 cm³/mol. The van der Waals surface area contributed by atoms with Gasteiger partial charge in [-0.15, -0.1) is 0 Å². The van der Waals surface area contributed by atoms with Crippen molar-refractivity contribution in [3.05, 3.63) is 18.2 Å². The first kappa shape index (κ1) is 9.40.